The molecule has 0 aliphatic rings. The summed E-state index contributed by atoms with van der Waals surface area (Å²) in [4.78, 5) is 19.7. The molecule has 0 aromatic rings. The lowest BCUT2D eigenvalue weighted by Crippen LogP contribution is -1.99. The van der Waals surface area contributed by atoms with E-state index in [1.165, 1.54) is 0 Å². The van der Waals surface area contributed by atoms with Crippen LogP contribution in [0.1, 0.15) is 0 Å². The van der Waals surface area contributed by atoms with Crippen molar-refractivity contribution in [3.63, 3.8) is 0 Å². The fourth-order valence-corrected chi connectivity index (χ4v) is 1.66. The van der Waals surface area contributed by atoms with Crippen LogP contribution in [-0.4, -0.2) is 33.7 Å². The Kier molecular flexibility index (Phi) is 12.1. The SMILES string of the molecule is C=C.O=C(O)CSSCC(=O)O. The number of aliphatic carboxylic acids is 2. The van der Waals surface area contributed by atoms with Crippen LogP contribution in [0.4, 0.5) is 0 Å². The van der Waals surface area contributed by atoms with Gasteiger partial charge in [-0.15, -0.1) is 13.2 Å². The molecule has 0 unspecified atom stereocenters. The summed E-state index contributed by atoms with van der Waals surface area (Å²) in [6.45, 7) is 6.00. The molecule has 0 bridgehead atoms. The minimum absolute atomic E-state index is 0.0576. The summed E-state index contributed by atoms with van der Waals surface area (Å²) in [6.07, 6.45) is 0. The van der Waals surface area contributed by atoms with Gasteiger partial charge in [0.1, 0.15) is 11.5 Å². The predicted octanol–water partition coefficient (Wildman–Crippen LogP) is 1.34. The van der Waals surface area contributed by atoms with Gasteiger partial charge in [0.15, 0.2) is 0 Å². The van der Waals surface area contributed by atoms with Gasteiger partial charge in [0.25, 0.3) is 0 Å². The van der Waals surface area contributed by atoms with Crippen molar-refractivity contribution in [1.82, 2.24) is 0 Å². The lowest BCUT2D eigenvalue weighted by Gasteiger charge is -1.91. The molecular weight excluding hydrogens is 200 g/mol. The fourth-order valence-electron chi connectivity index (χ4n) is 0.184. The highest BCUT2D eigenvalue weighted by molar-refractivity contribution is 8.77. The topological polar surface area (TPSA) is 74.6 Å². The van der Waals surface area contributed by atoms with Crippen LogP contribution in [0.15, 0.2) is 13.2 Å². The van der Waals surface area contributed by atoms with Gasteiger partial charge in [-0.25, -0.2) is 0 Å². The lowest BCUT2D eigenvalue weighted by atomic mass is 10.8. The van der Waals surface area contributed by atoms with E-state index in [2.05, 4.69) is 13.2 Å². The molecule has 0 heterocycles. The number of rotatable bonds is 5. The Balaban J connectivity index is 0. The lowest BCUT2D eigenvalue weighted by molar-refractivity contribution is -0.135. The Bertz CT molecular complexity index is 132. The Morgan fingerprint density at radius 2 is 1.25 bits per heavy atom. The van der Waals surface area contributed by atoms with Crippen molar-refractivity contribution >= 4 is 33.5 Å². The van der Waals surface area contributed by atoms with Crippen molar-refractivity contribution in [1.29, 1.82) is 0 Å². The molecule has 12 heavy (non-hydrogen) atoms. The molecule has 0 saturated heterocycles. The van der Waals surface area contributed by atoms with Gasteiger partial charge < -0.3 is 10.2 Å². The molecule has 0 saturated carbocycles. The maximum Gasteiger partial charge on any atom is 0.314 e. The van der Waals surface area contributed by atoms with E-state index in [1.54, 1.807) is 0 Å². The summed E-state index contributed by atoms with van der Waals surface area (Å²) in [6, 6.07) is 0. The minimum Gasteiger partial charge on any atom is -0.481 e. The molecular formula is C6H10O4S2. The second-order valence-corrected chi connectivity index (χ2v) is 3.77. The molecule has 0 radical (unpaired) electrons. The molecule has 0 rings (SSSR count). The molecule has 70 valence electrons. The zero-order valence-corrected chi connectivity index (χ0v) is 7.99. The van der Waals surface area contributed by atoms with Crippen LogP contribution in [0.5, 0.6) is 0 Å². The molecule has 0 spiro atoms. The largest absolute Gasteiger partial charge is 0.481 e. The van der Waals surface area contributed by atoms with E-state index in [0.29, 0.717) is 0 Å². The van der Waals surface area contributed by atoms with Gasteiger partial charge in [0.2, 0.25) is 0 Å². The Morgan fingerprint density at radius 1 is 1.00 bits per heavy atom. The van der Waals surface area contributed by atoms with E-state index in [4.69, 9.17) is 10.2 Å². The van der Waals surface area contributed by atoms with Crippen molar-refractivity contribution in [3.05, 3.63) is 13.2 Å². The van der Waals surface area contributed by atoms with Gasteiger partial charge in [-0.2, -0.15) is 0 Å². The van der Waals surface area contributed by atoms with E-state index in [0.717, 1.165) is 21.6 Å². The first-order chi connectivity index (χ1) is 5.63. The average molecular weight is 210 g/mol. The summed E-state index contributed by atoms with van der Waals surface area (Å²) in [5.41, 5.74) is 0. The molecule has 0 aromatic heterocycles. The third kappa shape index (κ3) is 16.2. The normalized spacial score (nSPS) is 8.00. The molecule has 2 N–H and O–H groups in total. The minimum atomic E-state index is -0.928. The molecule has 0 amide bonds. The highest BCUT2D eigenvalue weighted by Crippen LogP contribution is 2.19. The zero-order valence-electron chi connectivity index (χ0n) is 6.36. The van der Waals surface area contributed by atoms with Crippen molar-refractivity contribution in [2.45, 2.75) is 0 Å². The van der Waals surface area contributed by atoms with Crippen molar-refractivity contribution in [2.75, 3.05) is 11.5 Å². The molecule has 0 aliphatic carbocycles. The molecule has 0 aromatic carbocycles. The summed E-state index contributed by atoms with van der Waals surface area (Å²) in [5, 5.41) is 16.2. The number of hydrogen-bond donors (Lipinski definition) is 2. The monoisotopic (exact) mass is 210 g/mol. The smallest absolute Gasteiger partial charge is 0.314 e. The maximum atomic E-state index is 9.86. The van der Waals surface area contributed by atoms with E-state index in [-0.39, 0.29) is 11.5 Å². The van der Waals surface area contributed by atoms with Crippen molar-refractivity contribution in [2.24, 2.45) is 0 Å². The predicted molar refractivity (Wildman–Crippen MR) is 51.4 cm³/mol. The van der Waals surface area contributed by atoms with Gasteiger partial charge in [0.05, 0.1) is 0 Å². The number of carboxylic acid groups (broad SMARTS) is 2. The van der Waals surface area contributed by atoms with Crippen molar-refractivity contribution in [3.8, 4) is 0 Å². The number of carbonyl (C=O) groups is 2. The molecule has 0 atom stereocenters. The van der Waals surface area contributed by atoms with Crippen LogP contribution in [0.25, 0.3) is 0 Å². The maximum absolute atomic E-state index is 9.86. The first-order valence-corrected chi connectivity index (χ1v) is 5.29. The quantitative estimate of drug-likeness (QED) is 0.405. The van der Waals surface area contributed by atoms with Crippen LogP contribution < -0.4 is 0 Å². The second-order valence-electron chi connectivity index (χ2n) is 1.31. The summed E-state index contributed by atoms with van der Waals surface area (Å²) in [5.74, 6) is -1.97. The second kappa shape index (κ2) is 10.4. The molecule has 6 heteroatoms. The van der Waals surface area contributed by atoms with Gasteiger partial charge in [-0.05, 0) is 0 Å². The molecule has 0 fully saturated rings. The highest BCUT2D eigenvalue weighted by Gasteiger charge is 2.00. The van der Waals surface area contributed by atoms with E-state index in [1.807, 2.05) is 0 Å². The molecule has 0 aliphatic heterocycles. The van der Waals surface area contributed by atoms with Crippen molar-refractivity contribution < 1.29 is 19.8 Å². The van der Waals surface area contributed by atoms with Crippen LogP contribution in [0, 0.1) is 0 Å². The van der Waals surface area contributed by atoms with E-state index < -0.39 is 11.9 Å². The van der Waals surface area contributed by atoms with E-state index >= 15 is 0 Å². The zero-order chi connectivity index (χ0) is 9.98. The first-order valence-electron chi connectivity index (χ1n) is 2.81. The average Bonchev–Trinajstić information content (AvgIpc) is 2.02. The number of hydrogen-bond acceptors (Lipinski definition) is 4. The first kappa shape index (κ1) is 13.9. The van der Waals surface area contributed by atoms with Gasteiger partial charge in [0, 0.05) is 0 Å². The third-order valence-electron chi connectivity index (χ3n) is 0.448. The fraction of sp³-hybridized carbons (Fsp3) is 0.333. The summed E-state index contributed by atoms with van der Waals surface area (Å²) in [7, 11) is 2.05. The van der Waals surface area contributed by atoms with Gasteiger partial charge in [-0.1, -0.05) is 21.6 Å². The number of carboxylic acids is 2. The highest BCUT2D eigenvalue weighted by atomic mass is 33.1. The van der Waals surface area contributed by atoms with Crippen LogP contribution in [0.3, 0.4) is 0 Å². The van der Waals surface area contributed by atoms with Crippen LogP contribution in [-0.2, 0) is 9.59 Å². The van der Waals surface area contributed by atoms with Gasteiger partial charge in [-0.3, -0.25) is 9.59 Å². The molecule has 4 nitrogen and oxygen atoms in total. The third-order valence-corrected chi connectivity index (χ3v) is 2.55. The van der Waals surface area contributed by atoms with Gasteiger partial charge >= 0.3 is 11.9 Å². The van der Waals surface area contributed by atoms with Crippen LogP contribution in [0.2, 0.25) is 0 Å². The Morgan fingerprint density at radius 3 is 1.42 bits per heavy atom. The summed E-state index contributed by atoms with van der Waals surface area (Å²) >= 11 is 0. The Hall–Kier alpha value is -0.620. The van der Waals surface area contributed by atoms with E-state index in [9.17, 15) is 9.59 Å². The Labute approximate surface area is 78.4 Å². The van der Waals surface area contributed by atoms with Crippen LogP contribution >= 0.6 is 21.6 Å². The standard InChI is InChI=1S/C4H6O4S2.C2H4/c5-3(6)1-9-10-2-4(7)8;1-2/h1-2H2,(H,5,6)(H,7,8);1-2H2. The summed E-state index contributed by atoms with van der Waals surface area (Å²) < 4.78 is 0.